The molecule has 2 aromatic rings. The van der Waals surface area contributed by atoms with Crippen LogP contribution < -0.4 is 10.6 Å². The van der Waals surface area contributed by atoms with E-state index in [0.717, 1.165) is 38.5 Å². The fourth-order valence-electron chi connectivity index (χ4n) is 2.97. The molecule has 0 saturated carbocycles. The number of ether oxygens (including phenoxy) is 1. The molecule has 0 bridgehead atoms. The summed E-state index contributed by atoms with van der Waals surface area (Å²) in [6.45, 7) is 7.73. The number of hydrogen-bond donors (Lipinski definition) is 2. The SMILES string of the molecule is CC(C)C(NC(=O)c1ccc(Cl)cc1)C(=O)Nc1nc(CN2CCOCC2)cs1. The lowest BCUT2D eigenvalue weighted by atomic mass is 10.0. The average Bonchev–Trinajstić information content (AvgIpc) is 3.13. The maximum Gasteiger partial charge on any atom is 0.251 e. The summed E-state index contributed by atoms with van der Waals surface area (Å²) in [4.78, 5) is 32.0. The van der Waals surface area contributed by atoms with E-state index in [9.17, 15) is 9.59 Å². The molecule has 2 amide bonds. The molecule has 0 aliphatic carbocycles. The number of halogens is 1. The lowest BCUT2D eigenvalue weighted by Gasteiger charge is -2.25. The summed E-state index contributed by atoms with van der Waals surface area (Å²) in [5.74, 6) is -0.684. The fourth-order valence-corrected chi connectivity index (χ4v) is 3.80. The fraction of sp³-hybridized carbons (Fsp3) is 0.450. The molecule has 29 heavy (non-hydrogen) atoms. The van der Waals surface area contributed by atoms with Gasteiger partial charge in [0.05, 0.1) is 18.9 Å². The number of benzene rings is 1. The first-order chi connectivity index (χ1) is 13.9. The third-order valence-electron chi connectivity index (χ3n) is 4.61. The van der Waals surface area contributed by atoms with Crippen molar-refractivity contribution in [3.05, 3.63) is 45.9 Å². The van der Waals surface area contributed by atoms with E-state index in [1.165, 1.54) is 11.3 Å². The number of carbonyl (C=O) groups excluding carboxylic acids is 2. The van der Waals surface area contributed by atoms with Crippen LogP contribution >= 0.6 is 22.9 Å². The molecule has 1 aromatic heterocycles. The second kappa shape index (κ2) is 10.2. The Labute approximate surface area is 179 Å². The third-order valence-corrected chi connectivity index (χ3v) is 5.67. The zero-order valence-corrected chi connectivity index (χ0v) is 18.1. The van der Waals surface area contributed by atoms with Crippen molar-refractivity contribution in [1.82, 2.24) is 15.2 Å². The molecular formula is C20H25ClN4O3S. The second-order valence-electron chi connectivity index (χ2n) is 7.22. The number of aromatic nitrogens is 1. The van der Waals surface area contributed by atoms with Crippen molar-refractivity contribution in [2.45, 2.75) is 26.4 Å². The van der Waals surface area contributed by atoms with Gasteiger partial charge in [0.1, 0.15) is 6.04 Å². The average molecular weight is 437 g/mol. The van der Waals surface area contributed by atoms with Crippen LogP contribution in [0.25, 0.3) is 0 Å². The zero-order valence-electron chi connectivity index (χ0n) is 16.5. The number of hydrogen-bond acceptors (Lipinski definition) is 6. The van der Waals surface area contributed by atoms with Crippen LogP contribution in [0.4, 0.5) is 5.13 Å². The maximum absolute atomic E-state index is 12.8. The summed E-state index contributed by atoms with van der Waals surface area (Å²) < 4.78 is 5.36. The van der Waals surface area contributed by atoms with Gasteiger partial charge in [0.15, 0.2) is 5.13 Å². The van der Waals surface area contributed by atoms with Gasteiger partial charge in [-0.3, -0.25) is 14.5 Å². The van der Waals surface area contributed by atoms with Crippen molar-refractivity contribution in [1.29, 1.82) is 0 Å². The largest absolute Gasteiger partial charge is 0.379 e. The normalized spacial score (nSPS) is 15.9. The van der Waals surface area contributed by atoms with E-state index >= 15 is 0 Å². The highest BCUT2D eigenvalue weighted by atomic mass is 35.5. The van der Waals surface area contributed by atoms with Crippen molar-refractivity contribution in [2.75, 3.05) is 31.6 Å². The summed E-state index contributed by atoms with van der Waals surface area (Å²) in [5.41, 5.74) is 1.37. The topological polar surface area (TPSA) is 83.6 Å². The Morgan fingerprint density at radius 3 is 2.59 bits per heavy atom. The van der Waals surface area contributed by atoms with Crippen molar-refractivity contribution >= 4 is 39.9 Å². The Balaban J connectivity index is 1.59. The van der Waals surface area contributed by atoms with Gasteiger partial charge in [0.25, 0.3) is 5.91 Å². The molecule has 2 N–H and O–H groups in total. The summed E-state index contributed by atoms with van der Waals surface area (Å²) in [7, 11) is 0. The molecule has 1 atom stereocenters. The highest BCUT2D eigenvalue weighted by Gasteiger charge is 2.25. The van der Waals surface area contributed by atoms with Crippen LogP contribution in [0.5, 0.6) is 0 Å². The van der Waals surface area contributed by atoms with E-state index in [0.29, 0.717) is 15.7 Å². The first-order valence-corrected chi connectivity index (χ1v) is 10.8. The van der Waals surface area contributed by atoms with Crippen LogP contribution in [0.1, 0.15) is 29.9 Å². The Morgan fingerprint density at radius 1 is 1.24 bits per heavy atom. The molecule has 1 aliphatic heterocycles. The molecule has 156 valence electrons. The highest BCUT2D eigenvalue weighted by molar-refractivity contribution is 7.13. The van der Waals surface area contributed by atoms with Crippen molar-refractivity contribution < 1.29 is 14.3 Å². The van der Waals surface area contributed by atoms with E-state index in [4.69, 9.17) is 16.3 Å². The van der Waals surface area contributed by atoms with E-state index < -0.39 is 6.04 Å². The van der Waals surface area contributed by atoms with Gasteiger partial charge in [0.2, 0.25) is 5.91 Å². The van der Waals surface area contributed by atoms with Gasteiger partial charge in [-0.05, 0) is 30.2 Å². The van der Waals surface area contributed by atoms with E-state index in [1.54, 1.807) is 24.3 Å². The summed E-state index contributed by atoms with van der Waals surface area (Å²) in [6.07, 6.45) is 0. The minimum atomic E-state index is -0.676. The van der Waals surface area contributed by atoms with E-state index in [2.05, 4.69) is 20.5 Å². The Kier molecular flexibility index (Phi) is 7.60. The molecule has 1 fully saturated rings. The predicted molar refractivity (Wildman–Crippen MR) is 114 cm³/mol. The number of morpholine rings is 1. The molecule has 1 unspecified atom stereocenters. The minimum Gasteiger partial charge on any atom is -0.379 e. The maximum atomic E-state index is 12.8. The molecular weight excluding hydrogens is 412 g/mol. The summed E-state index contributed by atoms with van der Waals surface area (Å²) >= 11 is 7.25. The van der Waals surface area contributed by atoms with Crippen LogP contribution in [0.2, 0.25) is 5.02 Å². The van der Waals surface area contributed by atoms with Gasteiger partial charge in [-0.1, -0.05) is 25.4 Å². The van der Waals surface area contributed by atoms with E-state index in [-0.39, 0.29) is 17.7 Å². The Morgan fingerprint density at radius 2 is 1.93 bits per heavy atom. The number of anilines is 1. The molecule has 1 aromatic carbocycles. The highest BCUT2D eigenvalue weighted by Crippen LogP contribution is 2.18. The first kappa shape index (κ1) is 21.7. The molecule has 2 heterocycles. The molecule has 1 saturated heterocycles. The Hall–Kier alpha value is -2.00. The molecule has 0 radical (unpaired) electrons. The van der Waals surface area contributed by atoms with Crippen molar-refractivity contribution in [2.24, 2.45) is 5.92 Å². The quantitative estimate of drug-likeness (QED) is 0.697. The van der Waals surface area contributed by atoms with Crippen molar-refractivity contribution in [3.63, 3.8) is 0 Å². The third kappa shape index (κ3) is 6.24. The van der Waals surface area contributed by atoms with Gasteiger partial charge in [0, 0.05) is 35.6 Å². The van der Waals surface area contributed by atoms with Crippen LogP contribution in [-0.2, 0) is 16.1 Å². The number of rotatable bonds is 7. The monoisotopic (exact) mass is 436 g/mol. The zero-order chi connectivity index (χ0) is 20.8. The van der Waals surface area contributed by atoms with Crippen LogP contribution in [-0.4, -0.2) is 54.0 Å². The first-order valence-electron chi connectivity index (χ1n) is 9.54. The summed E-state index contributed by atoms with van der Waals surface area (Å²) in [6, 6.07) is 5.88. The molecule has 0 spiro atoms. The lowest BCUT2D eigenvalue weighted by Crippen LogP contribution is -2.47. The number of nitrogens with one attached hydrogen (secondary N) is 2. The van der Waals surface area contributed by atoms with Gasteiger partial charge < -0.3 is 15.4 Å². The van der Waals surface area contributed by atoms with Gasteiger partial charge in [-0.2, -0.15) is 0 Å². The molecule has 1 aliphatic rings. The van der Waals surface area contributed by atoms with Crippen LogP contribution in [0.3, 0.4) is 0 Å². The van der Waals surface area contributed by atoms with Crippen LogP contribution in [0.15, 0.2) is 29.6 Å². The van der Waals surface area contributed by atoms with E-state index in [1.807, 2.05) is 19.2 Å². The number of carbonyl (C=O) groups is 2. The number of amides is 2. The molecule has 3 rings (SSSR count). The standard InChI is InChI=1S/C20H25ClN4O3S/c1-13(2)17(23-18(26)14-3-5-15(21)6-4-14)19(27)24-20-22-16(12-29-20)11-25-7-9-28-10-8-25/h3-6,12-13,17H,7-11H2,1-2H3,(H,23,26)(H,22,24,27). The predicted octanol–water partition coefficient (Wildman–Crippen LogP) is 3.02. The number of thiazole rings is 1. The van der Waals surface area contributed by atoms with Gasteiger partial charge >= 0.3 is 0 Å². The van der Waals surface area contributed by atoms with Gasteiger partial charge in [-0.15, -0.1) is 11.3 Å². The van der Waals surface area contributed by atoms with Crippen LogP contribution in [0, 0.1) is 5.92 Å². The van der Waals surface area contributed by atoms with Gasteiger partial charge in [-0.25, -0.2) is 4.98 Å². The second-order valence-corrected chi connectivity index (χ2v) is 8.52. The summed E-state index contributed by atoms with van der Waals surface area (Å²) in [5, 5.41) is 8.67. The molecule has 7 nitrogen and oxygen atoms in total. The smallest absolute Gasteiger partial charge is 0.251 e. The van der Waals surface area contributed by atoms with Crippen molar-refractivity contribution in [3.8, 4) is 0 Å². The molecule has 9 heteroatoms. The number of nitrogens with zero attached hydrogens (tertiary/aromatic N) is 2. The lowest BCUT2D eigenvalue weighted by molar-refractivity contribution is -0.118. The Bertz CT molecular complexity index is 835. The minimum absolute atomic E-state index is 0.0842.